The van der Waals surface area contributed by atoms with Crippen molar-refractivity contribution >= 4 is 23.4 Å². The number of likely N-dealkylation sites (tertiary alicyclic amines) is 1. The van der Waals surface area contributed by atoms with Gasteiger partial charge in [0.2, 0.25) is 0 Å². The molecule has 0 aromatic carbocycles. The fourth-order valence-corrected chi connectivity index (χ4v) is 3.27. The first kappa shape index (κ1) is 15.9. The number of esters is 1. The van der Waals surface area contributed by atoms with E-state index in [0.29, 0.717) is 24.6 Å². The van der Waals surface area contributed by atoms with E-state index in [2.05, 4.69) is 9.59 Å². The monoisotopic (exact) mass is 311 g/mol. The van der Waals surface area contributed by atoms with Gasteiger partial charge in [0, 0.05) is 13.1 Å². The lowest BCUT2D eigenvalue weighted by Gasteiger charge is -2.31. The highest BCUT2D eigenvalue weighted by Crippen LogP contribution is 2.25. The molecule has 7 heteroatoms. The standard InChI is InChI=1S/C14H21N3O3S/c1-4-20-14(19)10-6-5-7-17(8-10)13(18)12-11(9(2)3)15-16-21-12/h9-10H,4-8H2,1-3H3/t10-/m0/s1. The fraction of sp³-hybridized carbons (Fsp3) is 0.714. The number of aromatic nitrogens is 2. The van der Waals surface area contributed by atoms with Crippen molar-refractivity contribution in [3.8, 4) is 0 Å². The smallest absolute Gasteiger partial charge is 0.310 e. The number of amides is 1. The van der Waals surface area contributed by atoms with Crippen molar-refractivity contribution in [2.75, 3.05) is 19.7 Å². The molecule has 1 atom stereocenters. The maximum absolute atomic E-state index is 12.6. The van der Waals surface area contributed by atoms with Crippen molar-refractivity contribution in [2.24, 2.45) is 5.92 Å². The fourth-order valence-electron chi connectivity index (χ4n) is 2.48. The van der Waals surface area contributed by atoms with E-state index in [1.54, 1.807) is 11.8 Å². The average molecular weight is 311 g/mol. The van der Waals surface area contributed by atoms with Crippen LogP contribution in [0.5, 0.6) is 0 Å². The Labute approximate surface area is 128 Å². The zero-order valence-electron chi connectivity index (χ0n) is 12.7. The van der Waals surface area contributed by atoms with Gasteiger partial charge in [-0.2, -0.15) is 0 Å². The van der Waals surface area contributed by atoms with E-state index in [-0.39, 0.29) is 23.7 Å². The molecule has 1 aliphatic rings. The van der Waals surface area contributed by atoms with Crippen LogP contribution in [0.1, 0.15) is 54.9 Å². The molecule has 0 spiro atoms. The second-order valence-corrected chi connectivity index (χ2v) is 6.24. The van der Waals surface area contributed by atoms with Crippen molar-refractivity contribution in [2.45, 2.75) is 39.5 Å². The summed E-state index contributed by atoms with van der Waals surface area (Å²) in [6, 6.07) is 0. The number of carbonyl (C=O) groups is 2. The first-order valence-electron chi connectivity index (χ1n) is 7.32. The molecule has 1 aromatic rings. The summed E-state index contributed by atoms with van der Waals surface area (Å²) in [7, 11) is 0. The predicted molar refractivity (Wildman–Crippen MR) is 79.3 cm³/mol. The minimum atomic E-state index is -0.217. The summed E-state index contributed by atoms with van der Waals surface area (Å²) in [4.78, 5) is 26.8. The van der Waals surface area contributed by atoms with Crippen LogP contribution in [0.4, 0.5) is 0 Å². The maximum atomic E-state index is 12.6. The van der Waals surface area contributed by atoms with Crippen molar-refractivity contribution in [1.82, 2.24) is 14.5 Å². The third-order valence-electron chi connectivity index (χ3n) is 3.58. The molecule has 116 valence electrons. The molecule has 0 unspecified atom stereocenters. The van der Waals surface area contributed by atoms with Crippen molar-refractivity contribution in [1.29, 1.82) is 0 Å². The molecule has 0 bridgehead atoms. The van der Waals surface area contributed by atoms with E-state index in [0.717, 1.165) is 30.1 Å². The van der Waals surface area contributed by atoms with Gasteiger partial charge in [-0.1, -0.05) is 18.3 Å². The van der Waals surface area contributed by atoms with Crippen LogP contribution in [0.2, 0.25) is 0 Å². The Balaban J connectivity index is 2.08. The number of hydrogen-bond donors (Lipinski definition) is 0. The maximum Gasteiger partial charge on any atom is 0.310 e. The number of rotatable bonds is 4. The molecule has 0 aliphatic carbocycles. The summed E-state index contributed by atoms with van der Waals surface area (Å²) in [6.45, 7) is 7.24. The Kier molecular flexibility index (Phi) is 5.27. The van der Waals surface area contributed by atoms with Gasteiger partial charge in [0.15, 0.2) is 0 Å². The van der Waals surface area contributed by atoms with Crippen LogP contribution in [-0.4, -0.2) is 46.1 Å². The Bertz CT molecular complexity index is 515. The second kappa shape index (κ2) is 6.98. The molecular formula is C14H21N3O3S. The van der Waals surface area contributed by atoms with Gasteiger partial charge in [-0.3, -0.25) is 9.59 Å². The van der Waals surface area contributed by atoms with E-state index in [1.165, 1.54) is 0 Å². The molecule has 1 aromatic heterocycles. The Hall–Kier alpha value is -1.50. The summed E-state index contributed by atoms with van der Waals surface area (Å²) in [6.07, 6.45) is 1.60. The first-order chi connectivity index (χ1) is 10.0. The van der Waals surface area contributed by atoms with Crippen LogP contribution in [0, 0.1) is 5.92 Å². The quantitative estimate of drug-likeness (QED) is 0.796. The highest BCUT2D eigenvalue weighted by Gasteiger charge is 2.32. The second-order valence-electron chi connectivity index (χ2n) is 5.48. The molecule has 0 N–H and O–H groups in total. The lowest BCUT2D eigenvalue weighted by Crippen LogP contribution is -2.42. The molecule has 2 heterocycles. The number of piperidine rings is 1. The van der Waals surface area contributed by atoms with Gasteiger partial charge in [0.1, 0.15) is 4.88 Å². The van der Waals surface area contributed by atoms with Crippen LogP contribution in [-0.2, 0) is 9.53 Å². The lowest BCUT2D eigenvalue weighted by atomic mass is 9.97. The molecule has 1 amide bonds. The van der Waals surface area contributed by atoms with E-state index in [9.17, 15) is 9.59 Å². The largest absolute Gasteiger partial charge is 0.466 e. The average Bonchev–Trinajstić information content (AvgIpc) is 2.96. The van der Waals surface area contributed by atoms with E-state index in [4.69, 9.17) is 4.74 Å². The Morgan fingerprint density at radius 3 is 2.90 bits per heavy atom. The Morgan fingerprint density at radius 1 is 1.48 bits per heavy atom. The lowest BCUT2D eigenvalue weighted by molar-refractivity contribution is -0.149. The molecule has 6 nitrogen and oxygen atoms in total. The number of hydrogen-bond acceptors (Lipinski definition) is 6. The highest BCUT2D eigenvalue weighted by molar-refractivity contribution is 7.08. The SMILES string of the molecule is CCOC(=O)[C@H]1CCCN(C(=O)c2snnc2C(C)C)C1. The van der Waals surface area contributed by atoms with E-state index in [1.807, 2.05) is 13.8 Å². The van der Waals surface area contributed by atoms with Crippen LogP contribution in [0.15, 0.2) is 0 Å². The zero-order valence-corrected chi connectivity index (χ0v) is 13.5. The minimum Gasteiger partial charge on any atom is -0.466 e. The van der Waals surface area contributed by atoms with Gasteiger partial charge < -0.3 is 9.64 Å². The van der Waals surface area contributed by atoms with Gasteiger partial charge in [-0.15, -0.1) is 5.10 Å². The van der Waals surface area contributed by atoms with Gasteiger partial charge in [0.25, 0.3) is 5.91 Å². The van der Waals surface area contributed by atoms with Crippen LogP contribution >= 0.6 is 11.5 Å². The van der Waals surface area contributed by atoms with Crippen LogP contribution < -0.4 is 0 Å². The molecular weight excluding hydrogens is 290 g/mol. The van der Waals surface area contributed by atoms with Crippen LogP contribution in [0.25, 0.3) is 0 Å². The van der Waals surface area contributed by atoms with Gasteiger partial charge in [-0.05, 0) is 37.2 Å². The highest BCUT2D eigenvalue weighted by atomic mass is 32.1. The van der Waals surface area contributed by atoms with E-state index >= 15 is 0 Å². The molecule has 2 rings (SSSR count). The topological polar surface area (TPSA) is 72.4 Å². The van der Waals surface area contributed by atoms with E-state index < -0.39 is 0 Å². The summed E-state index contributed by atoms with van der Waals surface area (Å²) in [5, 5.41) is 4.04. The zero-order chi connectivity index (χ0) is 15.4. The molecule has 1 fully saturated rings. The molecule has 1 saturated heterocycles. The molecule has 0 radical (unpaired) electrons. The number of carbonyl (C=O) groups excluding carboxylic acids is 2. The molecule has 21 heavy (non-hydrogen) atoms. The summed E-state index contributed by atoms with van der Waals surface area (Å²) in [5.41, 5.74) is 0.739. The number of nitrogens with zero attached hydrogens (tertiary/aromatic N) is 3. The predicted octanol–water partition coefficient (Wildman–Crippen LogP) is 2.08. The Morgan fingerprint density at radius 2 is 2.24 bits per heavy atom. The van der Waals surface area contributed by atoms with Gasteiger partial charge in [0.05, 0.1) is 18.2 Å². The summed E-state index contributed by atoms with van der Waals surface area (Å²) in [5.74, 6) is -0.330. The molecule has 1 aliphatic heterocycles. The van der Waals surface area contributed by atoms with Gasteiger partial charge in [-0.25, -0.2) is 0 Å². The van der Waals surface area contributed by atoms with Crippen molar-refractivity contribution in [3.63, 3.8) is 0 Å². The third kappa shape index (κ3) is 3.58. The summed E-state index contributed by atoms with van der Waals surface area (Å²) < 4.78 is 8.96. The van der Waals surface area contributed by atoms with Crippen molar-refractivity contribution in [3.05, 3.63) is 10.6 Å². The summed E-state index contributed by atoms with van der Waals surface area (Å²) >= 11 is 1.13. The third-order valence-corrected chi connectivity index (χ3v) is 4.31. The minimum absolute atomic E-state index is 0.0669. The van der Waals surface area contributed by atoms with Crippen molar-refractivity contribution < 1.29 is 14.3 Å². The first-order valence-corrected chi connectivity index (χ1v) is 8.10. The van der Waals surface area contributed by atoms with Gasteiger partial charge >= 0.3 is 5.97 Å². The van der Waals surface area contributed by atoms with Crippen LogP contribution in [0.3, 0.4) is 0 Å². The normalized spacial score (nSPS) is 18.9. The molecule has 0 saturated carbocycles. The number of ether oxygens (including phenoxy) is 1.